The van der Waals surface area contributed by atoms with E-state index >= 15 is 0 Å². The molecule has 0 radical (unpaired) electrons. The molecule has 21 heavy (non-hydrogen) atoms. The summed E-state index contributed by atoms with van der Waals surface area (Å²) in [4.78, 5) is 4.64. The molecule has 0 saturated carbocycles. The van der Waals surface area contributed by atoms with E-state index in [0.717, 1.165) is 34.9 Å². The molecule has 2 heterocycles. The van der Waals surface area contributed by atoms with Gasteiger partial charge in [-0.15, -0.1) is 11.3 Å². The van der Waals surface area contributed by atoms with Crippen molar-refractivity contribution in [1.82, 2.24) is 15.0 Å². The third-order valence-corrected chi connectivity index (χ3v) is 6.14. The van der Waals surface area contributed by atoms with E-state index < -0.39 is 10.0 Å². The van der Waals surface area contributed by atoms with E-state index in [1.807, 2.05) is 25.3 Å². The lowest BCUT2D eigenvalue weighted by Gasteiger charge is -2.12. The zero-order chi connectivity index (χ0) is 15.0. The van der Waals surface area contributed by atoms with Gasteiger partial charge < -0.3 is 5.32 Å². The fourth-order valence-electron chi connectivity index (χ4n) is 2.36. The maximum Gasteiger partial charge on any atom is 0.241 e. The third kappa shape index (κ3) is 3.01. The highest BCUT2D eigenvalue weighted by molar-refractivity contribution is 7.89. The summed E-state index contributed by atoms with van der Waals surface area (Å²) in [5.41, 5.74) is 3.12. The van der Waals surface area contributed by atoms with Crippen molar-refractivity contribution >= 4 is 21.4 Å². The van der Waals surface area contributed by atoms with Crippen LogP contribution in [0.2, 0.25) is 0 Å². The molecule has 1 aliphatic heterocycles. The molecule has 7 heteroatoms. The zero-order valence-electron chi connectivity index (χ0n) is 11.9. The molecule has 1 unspecified atom stereocenters. The number of nitrogens with one attached hydrogen (secondary N) is 2. The number of benzene rings is 1. The molecule has 0 bridgehead atoms. The molecular weight excluding hydrogens is 306 g/mol. The van der Waals surface area contributed by atoms with E-state index in [2.05, 4.69) is 15.0 Å². The lowest BCUT2D eigenvalue weighted by molar-refractivity contribution is 0.566. The number of rotatable bonds is 4. The van der Waals surface area contributed by atoms with Crippen molar-refractivity contribution in [3.05, 3.63) is 45.4 Å². The molecular formula is C14H17N3O2S2. The van der Waals surface area contributed by atoms with Crippen LogP contribution in [0.15, 0.2) is 28.5 Å². The number of hydrogen-bond acceptors (Lipinski definition) is 5. The molecule has 1 aromatic heterocycles. The Hall–Kier alpha value is -1.28. The van der Waals surface area contributed by atoms with Crippen molar-refractivity contribution in [2.24, 2.45) is 0 Å². The van der Waals surface area contributed by atoms with Gasteiger partial charge in [0.05, 0.1) is 10.9 Å². The van der Waals surface area contributed by atoms with Gasteiger partial charge in [0.2, 0.25) is 10.0 Å². The molecule has 5 nitrogen and oxygen atoms in total. The van der Waals surface area contributed by atoms with E-state index in [1.165, 1.54) is 11.3 Å². The van der Waals surface area contributed by atoms with Crippen molar-refractivity contribution in [2.75, 3.05) is 0 Å². The standard InChI is InChI=1S/C14H17N3O2S2/c1-9-8-20-14(16-9)10(2)17-21(18,19)13-4-3-11-6-15-7-12(11)5-13/h3-5,8,10,15,17H,6-7H2,1-2H3. The van der Waals surface area contributed by atoms with Crippen LogP contribution in [0.3, 0.4) is 0 Å². The Labute approximate surface area is 128 Å². The van der Waals surface area contributed by atoms with Crippen molar-refractivity contribution in [2.45, 2.75) is 37.9 Å². The lowest BCUT2D eigenvalue weighted by atomic mass is 10.1. The van der Waals surface area contributed by atoms with Gasteiger partial charge in [-0.3, -0.25) is 0 Å². The Morgan fingerprint density at radius 1 is 1.33 bits per heavy atom. The van der Waals surface area contributed by atoms with Crippen molar-refractivity contribution in [3.8, 4) is 0 Å². The molecule has 1 atom stereocenters. The van der Waals surface area contributed by atoms with Crippen LogP contribution < -0.4 is 10.0 Å². The number of nitrogens with zero attached hydrogens (tertiary/aromatic N) is 1. The molecule has 2 aromatic rings. The number of sulfonamides is 1. The minimum atomic E-state index is -3.53. The maximum absolute atomic E-state index is 12.5. The van der Waals surface area contributed by atoms with Crippen LogP contribution >= 0.6 is 11.3 Å². The minimum Gasteiger partial charge on any atom is -0.309 e. The quantitative estimate of drug-likeness (QED) is 0.904. The van der Waals surface area contributed by atoms with E-state index in [4.69, 9.17) is 0 Å². The Morgan fingerprint density at radius 2 is 2.10 bits per heavy atom. The smallest absolute Gasteiger partial charge is 0.241 e. The van der Waals surface area contributed by atoms with Crippen LogP contribution in [0.1, 0.15) is 34.8 Å². The first-order chi connectivity index (χ1) is 9.95. The summed E-state index contributed by atoms with van der Waals surface area (Å²) in [5.74, 6) is 0. The predicted molar refractivity (Wildman–Crippen MR) is 82.6 cm³/mol. The van der Waals surface area contributed by atoms with Gasteiger partial charge in [-0.2, -0.15) is 0 Å². The SMILES string of the molecule is Cc1csc(C(C)NS(=O)(=O)c2ccc3c(c2)CNC3)n1. The van der Waals surface area contributed by atoms with Crippen LogP contribution in [-0.2, 0) is 23.1 Å². The highest BCUT2D eigenvalue weighted by atomic mass is 32.2. The van der Waals surface area contributed by atoms with Crippen LogP contribution in [0, 0.1) is 6.92 Å². The first-order valence-electron chi connectivity index (χ1n) is 6.72. The van der Waals surface area contributed by atoms with Crippen molar-refractivity contribution in [3.63, 3.8) is 0 Å². The van der Waals surface area contributed by atoms with Crippen LogP contribution in [-0.4, -0.2) is 13.4 Å². The first kappa shape index (κ1) is 14.6. The van der Waals surface area contributed by atoms with Crippen LogP contribution in [0.4, 0.5) is 0 Å². The molecule has 0 fully saturated rings. The van der Waals surface area contributed by atoms with Gasteiger partial charge in [-0.1, -0.05) is 6.07 Å². The maximum atomic E-state index is 12.5. The van der Waals surface area contributed by atoms with E-state index in [-0.39, 0.29) is 6.04 Å². The van der Waals surface area contributed by atoms with Crippen molar-refractivity contribution in [1.29, 1.82) is 0 Å². The van der Waals surface area contributed by atoms with Gasteiger partial charge in [0.15, 0.2) is 0 Å². The van der Waals surface area contributed by atoms with Gasteiger partial charge in [0, 0.05) is 24.2 Å². The normalized spacial score (nSPS) is 15.9. The summed E-state index contributed by atoms with van der Waals surface area (Å²) >= 11 is 1.47. The average Bonchev–Trinajstić information content (AvgIpc) is 3.05. The summed E-state index contributed by atoms with van der Waals surface area (Å²) in [6.07, 6.45) is 0. The van der Waals surface area contributed by atoms with E-state index in [9.17, 15) is 8.42 Å². The number of aryl methyl sites for hydroxylation is 1. The molecule has 0 aliphatic carbocycles. The minimum absolute atomic E-state index is 0.310. The van der Waals surface area contributed by atoms with Crippen LogP contribution in [0.5, 0.6) is 0 Å². The highest BCUT2D eigenvalue weighted by Gasteiger charge is 2.22. The van der Waals surface area contributed by atoms with Gasteiger partial charge in [-0.25, -0.2) is 18.1 Å². The first-order valence-corrected chi connectivity index (χ1v) is 9.09. The van der Waals surface area contributed by atoms with Gasteiger partial charge in [0.1, 0.15) is 5.01 Å². The highest BCUT2D eigenvalue weighted by Crippen LogP contribution is 2.23. The Bertz CT molecular complexity index is 768. The fourth-order valence-corrected chi connectivity index (χ4v) is 4.50. The number of aromatic nitrogens is 1. The molecule has 112 valence electrons. The van der Waals surface area contributed by atoms with Crippen molar-refractivity contribution < 1.29 is 8.42 Å². The second-order valence-corrected chi connectivity index (χ2v) is 7.81. The molecule has 0 amide bonds. The van der Waals surface area contributed by atoms with E-state index in [1.54, 1.807) is 12.1 Å². The van der Waals surface area contributed by atoms with Gasteiger partial charge in [-0.05, 0) is 37.1 Å². The second-order valence-electron chi connectivity index (χ2n) is 5.20. The summed E-state index contributed by atoms with van der Waals surface area (Å²) in [7, 11) is -3.53. The summed E-state index contributed by atoms with van der Waals surface area (Å²) < 4.78 is 27.6. The zero-order valence-corrected chi connectivity index (χ0v) is 13.5. The molecule has 0 saturated heterocycles. The summed E-state index contributed by atoms with van der Waals surface area (Å²) in [5, 5.41) is 5.91. The topological polar surface area (TPSA) is 71.1 Å². The molecule has 0 spiro atoms. The molecule has 3 rings (SSSR count). The second kappa shape index (κ2) is 5.49. The van der Waals surface area contributed by atoms with Gasteiger partial charge in [0.25, 0.3) is 0 Å². The average molecular weight is 323 g/mol. The summed E-state index contributed by atoms with van der Waals surface area (Å²) in [6.45, 7) is 5.23. The Balaban J connectivity index is 1.83. The number of hydrogen-bond donors (Lipinski definition) is 2. The largest absolute Gasteiger partial charge is 0.309 e. The molecule has 1 aliphatic rings. The van der Waals surface area contributed by atoms with E-state index in [0.29, 0.717) is 4.90 Å². The monoisotopic (exact) mass is 323 g/mol. The number of fused-ring (bicyclic) bond motifs is 1. The number of thiazole rings is 1. The van der Waals surface area contributed by atoms with Gasteiger partial charge >= 0.3 is 0 Å². The molecule has 1 aromatic carbocycles. The summed E-state index contributed by atoms with van der Waals surface area (Å²) in [6, 6.07) is 4.95. The molecule has 2 N–H and O–H groups in total. The predicted octanol–water partition coefficient (Wildman–Crippen LogP) is 2.09. The Morgan fingerprint density at radius 3 is 2.81 bits per heavy atom. The third-order valence-electron chi connectivity index (χ3n) is 3.46. The lowest BCUT2D eigenvalue weighted by Crippen LogP contribution is -2.27. The van der Waals surface area contributed by atoms with Crippen LogP contribution in [0.25, 0.3) is 0 Å². The fraction of sp³-hybridized carbons (Fsp3) is 0.357. The Kier molecular flexibility index (Phi) is 3.83.